The van der Waals surface area contributed by atoms with E-state index in [9.17, 15) is 43.2 Å². The lowest BCUT2D eigenvalue weighted by atomic mass is 9.99. The fraction of sp³-hybridized carbons (Fsp3) is 0.953. The fourth-order valence-electron chi connectivity index (χ4n) is 13.2. The minimum Gasteiger partial charge on any atom is -0.462 e. The third kappa shape index (κ3) is 76.8. The largest absolute Gasteiger partial charge is 0.472 e. The van der Waals surface area contributed by atoms with Crippen molar-refractivity contribution in [2.75, 3.05) is 39.6 Å². The summed E-state index contributed by atoms with van der Waals surface area (Å²) in [5, 5.41) is 10.7. The van der Waals surface area contributed by atoms with E-state index in [4.69, 9.17) is 37.0 Å². The summed E-state index contributed by atoms with van der Waals surface area (Å²) in [6.07, 6.45) is 65.2. The van der Waals surface area contributed by atoms with Crippen molar-refractivity contribution in [2.45, 2.75) is 465 Å². The molecule has 0 aliphatic carbocycles. The van der Waals surface area contributed by atoms with Gasteiger partial charge in [0.1, 0.15) is 19.3 Å². The lowest BCUT2D eigenvalue weighted by Gasteiger charge is -2.21. The summed E-state index contributed by atoms with van der Waals surface area (Å²) in [7, 11) is -9.93. The molecule has 0 aliphatic heterocycles. The van der Waals surface area contributed by atoms with E-state index < -0.39 is 97.5 Å². The van der Waals surface area contributed by atoms with Crippen LogP contribution in [0.2, 0.25) is 0 Å². The average molecular weight is 1520 g/mol. The van der Waals surface area contributed by atoms with Crippen molar-refractivity contribution in [1.29, 1.82) is 0 Å². The molecule has 0 amide bonds. The van der Waals surface area contributed by atoms with Gasteiger partial charge in [-0.1, -0.05) is 395 Å². The van der Waals surface area contributed by atoms with Gasteiger partial charge < -0.3 is 33.8 Å². The van der Waals surface area contributed by atoms with E-state index >= 15 is 0 Å². The molecule has 0 saturated heterocycles. The molecule has 0 aromatic heterocycles. The first-order valence-electron chi connectivity index (χ1n) is 43.9. The number of carbonyl (C=O) groups is 4. The van der Waals surface area contributed by atoms with E-state index in [2.05, 4.69) is 48.5 Å². The number of ether oxygens (including phenoxy) is 4. The Balaban J connectivity index is 5.23. The smallest absolute Gasteiger partial charge is 0.462 e. The van der Waals surface area contributed by atoms with Crippen LogP contribution in [0.4, 0.5) is 0 Å². The molecule has 0 aliphatic rings. The second-order valence-electron chi connectivity index (χ2n) is 31.8. The number of aliphatic hydroxyl groups excluding tert-OH is 1. The Morgan fingerprint density at radius 1 is 0.279 bits per heavy atom. The number of carbonyl (C=O) groups excluding carboxylic acids is 4. The lowest BCUT2D eigenvalue weighted by molar-refractivity contribution is -0.161. The zero-order chi connectivity index (χ0) is 76.5. The number of hydrogen-bond acceptors (Lipinski definition) is 15. The summed E-state index contributed by atoms with van der Waals surface area (Å²) >= 11 is 0. The molecule has 3 N–H and O–H groups in total. The molecule has 0 rings (SSSR count). The van der Waals surface area contributed by atoms with Gasteiger partial charge in [0.25, 0.3) is 0 Å². The molecule has 19 heteroatoms. The molecule has 0 saturated carbocycles. The molecule has 0 bridgehead atoms. The second-order valence-corrected chi connectivity index (χ2v) is 34.7. The molecule has 0 heterocycles. The summed E-state index contributed by atoms with van der Waals surface area (Å²) in [6, 6.07) is 0. The first kappa shape index (κ1) is 102. The van der Waals surface area contributed by atoms with Gasteiger partial charge in [0, 0.05) is 25.7 Å². The van der Waals surface area contributed by atoms with Crippen molar-refractivity contribution in [3.63, 3.8) is 0 Å². The standard InChI is InChI=1S/C85H166O17P2/c1-8-10-11-12-13-14-28-38-45-52-59-66-82(87)95-72-81(102-85(90)69-62-55-48-41-34-33-36-43-50-57-64-77(5)6)75-100-104(93,94)98-71-79(86)70-97-103(91,92)99-74-80(73-96-83(88)67-60-53-46-39-31-26-23-19-20-24-29-35-42-49-56-63-76(3)4)101-84(89)68-61-54-47-40-32-27-22-18-16-15-17-21-25-30-37-44-51-58-65-78(7)9-2/h76-81,86H,8-75H2,1-7H3,(H,91,92)(H,93,94)/t78?,79-,80-,81-/m1/s1. The van der Waals surface area contributed by atoms with E-state index in [0.717, 1.165) is 108 Å². The number of rotatable bonds is 83. The van der Waals surface area contributed by atoms with Gasteiger partial charge in [-0.05, 0) is 43.4 Å². The van der Waals surface area contributed by atoms with Crippen LogP contribution in [0.15, 0.2) is 0 Å². The molecule has 3 unspecified atom stereocenters. The first-order chi connectivity index (χ1) is 50.3. The van der Waals surface area contributed by atoms with Crippen LogP contribution in [0.25, 0.3) is 0 Å². The van der Waals surface area contributed by atoms with Gasteiger partial charge in [-0.15, -0.1) is 0 Å². The van der Waals surface area contributed by atoms with Crippen LogP contribution < -0.4 is 0 Å². The zero-order valence-electron chi connectivity index (χ0n) is 68.5. The molecule has 0 spiro atoms. The second kappa shape index (κ2) is 75.1. The Hall–Kier alpha value is -1.94. The lowest BCUT2D eigenvalue weighted by Crippen LogP contribution is -2.30. The maximum absolute atomic E-state index is 13.1. The van der Waals surface area contributed by atoms with Gasteiger partial charge in [0.2, 0.25) is 0 Å². The van der Waals surface area contributed by atoms with Gasteiger partial charge in [-0.3, -0.25) is 37.3 Å². The summed E-state index contributed by atoms with van der Waals surface area (Å²) < 4.78 is 68.8. The molecule has 104 heavy (non-hydrogen) atoms. The maximum Gasteiger partial charge on any atom is 0.472 e. The van der Waals surface area contributed by atoms with Gasteiger partial charge in [-0.25, -0.2) is 9.13 Å². The van der Waals surface area contributed by atoms with Crippen molar-refractivity contribution in [2.24, 2.45) is 17.8 Å². The third-order valence-electron chi connectivity index (χ3n) is 20.2. The van der Waals surface area contributed by atoms with Gasteiger partial charge in [0.05, 0.1) is 26.4 Å². The Bertz CT molecular complexity index is 2010. The summed E-state index contributed by atoms with van der Waals surface area (Å²) in [4.78, 5) is 73.2. The monoisotopic (exact) mass is 1520 g/mol. The third-order valence-corrected chi connectivity index (χ3v) is 22.1. The number of esters is 4. The first-order valence-corrected chi connectivity index (χ1v) is 46.9. The van der Waals surface area contributed by atoms with E-state index in [1.165, 1.54) is 257 Å². The predicted octanol–water partition coefficient (Wildman–Crippen LogP) is 25.7. The highest BCUT2D eigenvalue weighted by atomic mass is 31.2. The van der Waals surface area contributed by atoms with Crippen LogP contribution >= 0.6 is 15.6 Å². The molecule has 17 nitrogen and oxygen atoms in total. The van der Waals surface area contributed by atoms with Gasteiger partial charge >= 0.3 is 39.5 Å². The number of aliphatic hydroxyl groups is 1. The van der Waals surface area contributed by atoms with E-state index in [0.29, 0.717) is 25.7 Å². The molecule has 0 radical (unpaired) electrons. The van der Waals surface area contributed by atoms with Crippen molar-refractivity contribution in [1.82, 2.24) is 0 Å². The Labute approximate surface area is 638 Å². The quantitative estimate of drug-likeness (QED) is 0.0222. The molecule has 6 atom stereocenters. The van der Waals surface area contributed by atoms with Gasteiger partial charge in [-0.2, -0.15) is 0 Å². The summed E-state index contributed by atoms with van der Waals surface area (Å²) in [5.74, 6) is 0.324. The Morgan fingerprint density at radius 2 is 0.490 bits per heavy atom. The molecular weight excluding hydrogens is 1350 g/mol. The van der Waals surface area contributed by atoms with E-state index in [1.807, 2.05) is 0 Å². The summed E-state index contributed by atoms with van der Waals surface area (Å²) in [5.41, 5.74) is 0. The topological polar surface area (TPSA) is 237 Å². The minimum absolute atomic E-state index is 0.106. The van der Waals surface area contributed by atoms with Crippen LogP contribution in [0, 0.1) is 17.8 Å². The normalized spacial score (nSPS) is 14.2. The predicted molar refractivity (Wildman–Crippen MR) is 428 cm³/mol. The van der Waals surface area contributed by atoms with E-state index in [-0.39, 0.29) is 25.7 Å². The van der Waals surface area contributed by atoms with Crippen LogP contribution in [0.5, 0.6) is 0 Å². The maximum atomic E-state index is 13.1. The van der Waals surface area contributed by atoms with Crippen LogP contribution in [-0.2, 0) is 65.4 Å². The van der Waals surface area contributed by atoms with Crippen LogP contribution in [-0.4, -0.2) is 96.7 Å². The average Bonchev–Trinajstić information content (AvgIpc) is 0.906. The van der Waals surface area contributed by atoms with Crippen molar-refractivity contribution in [3.05, 3.63) is 0 Å². The van der Waals surface area contributed by atoms with Crippen LogP contribution in [0.1, 0.15) is 447 Å². The zero-order valence-corrected chi connectivity index (χ0v) is 70.3. The van der Waals surface area contributed by atoms with Crippen molar-refractivity contribution < 1.29 is 80.2 Å². The van der Waals surface area contributed by atoms with Crippen molar-refractivity contribution >= 4 is 39.5 Å². The molecule has 0 fully saturated rings. The Morgan fingerprint density at radius 3 is 0.731 bits per heavy atom. The number of unbranched alkanes of at least 4 members (excludes halogenated alkanes) is 50. The number of hydrogen-bond donors (Lipinski definition) is 3. The Kier molecular flexibility index (Phi) is 73.7. The highest BCUT2D eigenvalue weighted by molar-refractivity contribution is 7.47. The van der Waals surface area contributed by atoms with Crippen molar-refractivity contribution in [3.8, 4) is 0 Å². The molecule has 618 valence electrons. The van der Waals surface area contributed by atoms with Crippen LogP contribution in [0.3, 0.4) is 0 Å². The SMILES string of the molecule is CCCCCCCCCCCCCC(=O)OC[C@H](COP(=O)(O)OC[C@H](O)COP(=O)(O)OC[C@@H](COC(=O)CCCCCCCCCCCCCCCCCC(C)C)OC(=O)CCCCCCCCCCCCCCCCCCCCC(C)CC)OC(=O)CCCCCCCCCCCCC(C)C. The number of phosphoric ester groups is 2. The fourth-order valence-corrected chi connectivity index (χ4v) is 14.7. The molecule has 0 aromatic rings. The van der Waals surface area contributed by atoms with Gasteiger partial charge in [0.15, 0.2) is 12.2 Å². The highest BCUT2D eigenvalue weighted by Gasteiger charge is 2.30. The summed E-state index contributed by atoms with van der Waals surface area (Å²) in [6.45, 7) is 12.0. The minimum atomic E-state index is -4.97. The molecule has 0 aromatic carbocycles. The molecular formula is C85H166O17P2. The van der Waals surface area contributed by atoms with E-state index in [1.54, 1.807) is 0 Å². The number of phosphoric acid groups is 2. The highest BCUT2D eigenvalue weighted by Crippen LogP contribution is 2.45.